The molecule has 0 fully saturated rings. The van der Waals surface area contributed by atoms with Gasteiger partial charge in [-0.25, -0.2) is 9.78 Å². The van der Waals surface area contributed by atoms with Crippen molar-refractivity contribution in [3.05, 3.63) is 69.0 Å². The number of ether oxygens (including phenoxy) is 2. The number of rotatable bonds is 6. The summed E-state index contributed by atoms with van der Waals surface area (Å²) in [7, 11) is 0. The smallest absolute Gasteiger partial charge is 0.334 e. The van der Waals surface area contributed by atoms with Crippen molar-refractivity contribution in [2.75, 3.05) is 6.61 Å². The number of nitrogens with zero attached hydrogens (tertiary/aromatic N) is 2. The molecule has 4 heterocycles. The topological polar surface area (TPSA) is 108 Å². The van der Waals surface area contributed by atoms with Crippen LogP contribution < -0.4 is 10.3 Å². The van der Waals surface area contributed by atoms with Gasteiger partial charge in [0.2, 0.25) is 0 Å². The van der Waals surface area contributed by atoms with E-state index in [0.717, 1.165) is 39.0 Å². The van der Waals surface area contributed by atoms with Crippen molar-refractivity contribution in [3.8, 4) is 17.1 Å². The van der Waals surface area contributed by atoms with E-state index >= 15 is 0 Å². The normalized spacial score (nSPS) is 15.2. The molecule has 1 atom stereocenters. The quantitative estimate of drug-likeness (QED) is 0.311. The van der Waals surface area contributed by atoms with Crippen LogP contribution in [0, 0.1) is 0 Å². The Kier molecular flexibility index (Phi) is 6.97. The highest BCUT2D eigenvalue weighted by atomic mass is 16.5. The molecule has 0 spiro atoms. The van der Waals surface area contributed by atoms with Gasteiger partial charge < -0.3 is 19.1 Å². The van der Waals surface area contributed by atoms with E-state index in [-0.39, 0.29) is 30.3 Å². The van der Waals surface area contributed by atoms with Crippen molar-refractivity contribution in [1.29, 1.82) is 0 Å². The van der Waals surface area contributed by atoms with Crippen LogP contribution in [0.4, 0.5) is 0 Å². The molecule has 2 aliphatic heterocycles. The van der Waals surface area contributed by atoms with E-state index in [1.165, 1.54) is 0 Å². The lowest BCUT2D eigenvalue weighted by molar-refractivity contribution is -0.148. The highest BCUT2D eigenvalue weighted by Crippen LogP contribution is 2.39. The third-order valence-electron chi connectivity index (χ3n) is 6.67. The summed E-state index contributed by atoms with van der Waals surface area (Å²) < 4.78 is 12.6. The lowest BCUT2D eigenvalue weighted by Crippen LogP contribution is -2.32. The Hall–Kier alpha value is -3.94. The first-order chi connectivity index (χ1) is 17.3. The highest BCUT2D eigenvalue weighted by Gasteiger charge is 2.34. The van der Waals surface area contributed by atoms with Gasteiger partial charge in [0.05, 0.1) is 40.5 Å². The summed E-state index contributed by atoms with van der Waals surface area (Å²) in [6.45, 7) is 11.7. The zero-order chi connectivity index (χ0) is 26.1. The van der Waals surface area contributed by atoms with Crippen LogP contribution in [0.5, 0.6) is 5.75 Å². The first-order valence-electron chi connectivity index (χ1n) is 12.3. The minimum absolute atomic E-state index is 0.00149. The number of benzene rings is 1. The fourth-order valence-corrected chi connectivity index (χ4v) is 4.89. The highest BCUT2D eigenvalue weighted by molar-refractivity contribution is 5.90. The lowest BCUT2D eigenvalue weighted by Gasteiger charge is -2.24. The number of hydrogen-bond acceptors (Lipinski definition) is 6. The molecule has 1 unspecified atom stereocenters. The van der Waals surface area contributed by atoms with Gasteiger partial charge in [0.25, 0.3) is 5.56 Å². The van der Waals surface area contributed by atoms with Gasteiger partial charge in [-0.05, 0) is 48.2 Å². The zero-order valence-corrected chi connectivity index (χ0v) is 21.0. The third-order valence-corrected chi connectivity index (χ3v) is 6.67. The molecule has 8 heteroatoms. The molecular formula is C28H30N2O6. The predicted molar refractivity (Wildman–Crippen MR) is 136 cm³/mol. The van der Waals surface area contributed by atoms with E-state index in [4.69, 9.17) is 19.6 Å². The van der Waals surface area contributed by atoms with Gasteiger partial charge in [0.1, 0.15) is 19.0 Å². The first kappa shape index (κ1) is 25.2. The predicted octanol–water partition coefficient (Wildman–Crippen LogP) is 4.58. The molecule has 188 valence electrons. The van der Waals surface area contributed by atoms with Gasteiger partial charge >= 0.3 is 11.9 Å². The summed E-state index contributed by atoms with van der Waals surface area (Å²) >= 11 is 0. The molecule has 0 radical (unpaired) electrons. The molecule has 0 amide bonds. The molecule has 3 aromatic rings. The number of pyridine rings is 2. The number of aryl methyl sites for hydroxylation is 1. The number of esters is 1. The Labute approximate surface area is 209 Å². The second-order valence-corrected chi connectivity index (χ2v) is 8.57. The number of hydrogen-bond donors (Lipinski definition) is 1. The number of aliphatic carboxylic acids is 1. The van der Waals surface area contributed by atoms with Crippen LogP contribution >= 0.6 is 0 Å². The van der Waals surface area contributed by atoms with Gasteiger partial charge in [0.15, 0.2) is 0 Å². The number of carbonyl (C=O) groups is 2. The summed E-state index contributed by atoms with van der Waals surface area (Å²) in [6, 6.07) is 7.37. The number of aromatic nitrogens is 2. The van der Waals surface area contributed by atoms with Gasteiger partial charge in [-0.3, -0.25) is 9.59 Å². The van der Waals surface area contributed by atoms with Gasteiger partial charge in [-0.1, -0.05) is 34.3 Å². The molecule has 1 N–H and O–H groups in total. The Morgan fingerprint density at radius 3 is 2.64 bits per heavy atom. The molecule has 0 saturated carbocycles. The van der Waals surface area contributed by atoms with Gasteiger partial charge in [-0.2, -0.15) is 0 Å². The van der Waals surface area contributed by atoms with Crippen LogP contribution in [0.15, 0.2) is 41.2 Å². The van der Waals surface area contributed by atoms with Crippen molar-refractivity contribution in [2.45, 2.75) is 59.6 Å². The second-order valence-electron chi connectivity index (χ2n) is 8.57. The van der Waals surface area contributed by atoms with E-state index in [9.17, 15) is 14.4 Å². The molecule has 0 bridgehead atoms. The molecule has 36 heavy (non-hydrogen) atoms. The SMILES string of the molecule is C=C(COc1ccc2nc3c(c(CC)c2c1)Cn1c-3cc2c(c1=O)COC(=O)C2CC)C(=O)O.CC. The Balaban J connectivity index is 0.00000148. The minimum Gasteiger partial charge on any atom is -0.489 e. The monoisotopic (exact) mass is 490 g/mol. The maximum absolute atomic E-state index is 13.4. The molecule has 2 aliphatic rings. The van der Waals surface area contributed by atoms with E-state index in [1.54, 1.807) is 10.6 Å². The maximum atomic E-state index is 13.4. The summed E-state index contributed by atoms with van der Waals surface area (Å²) in [6.07, 6.45) is 1.28. The molecule has 1 aromatic carbocycles. The molecule has 2 aromatic heterocycles. The zero-order valence-electron chi connectivity index (χ0n) is 21.0. The van der Waals surface area contributed by atoms with Gasteiger partial charge in [0, 0.05) is 10.9 Å². The average molecular weight is 491 g/mol. The molecule has 8 nitrogen and oxygen atoms in total. The number of carboxylic acid groups (broad SMARTS) is 1. The number of carbonyl (C=O) groups excluding carboxylic acids is 1. The van der Waals surface area contributed by atoms with Gasteiger partial charge in [-0.15, -0.1) is 0 Å². The number of fused-ring (bicyclic) bond motifs is 5. The van der Waals surface area contributed by atoms with Crippen molar-refractivity contribution >= 4 is 22.8 Å². The van der Waals surface area contributed by atoms with Crippen LogP contribution in [-0.2, 0) is 33.9 Å². The van der Waals surface area contributed by atoms with E-state index in [0.29, 0.717) is 30.7 Å². The number of cyclic esters (lactones) is 1. The standard InChI is InChI=1S/C26H24N2O6.C2H6/c1-4-15-18-8-14(33-11-13(3)25(30)31)6-7-21(18)27-23-19(15)10-28-22(23)9-17-16(5-2)26(32)34-12-20(17)24(28)29;1-2/h6-9,16H,3-5,10-12H2,1-2H3,(H,30,31);1-2H3. The van der Waals surface area contributed by atoms with Crippen molar-refractivity contribution in [1.82, 2.24) is 9.55 Å². The Morgan fingerprint density at radius 1 is 1.22 bits per heavy atom. The second kappa shape index (κ2) is 9.97. The Morgan fingerprint density at radius 2 is 1.97 bits per heavy atom. The summed E-state index contributed by atoms with van der Waals surface area (Å²) in [5.41, 5.74) is 5.38. The molecule has 0 saturated heterocycles. The Bertz CT molecular complexity index is 1450. The van der Waals surface area contributed by atoms with E-state index in [2.05, 4.69) is 6.58 Å². The lowest BCUT2D eigenvalue weighted by atomic mass is 9.90. The van der Waals surface area contributed by atoms with Crippen LogP contribution in [0.25, 0.3) is 22.3 Å². The van der Waals surface area contributed by atoms with Crippen molar-refractivity contribution < 1.29 is 24.2 Å². The summed E-state index contributed by atoms with van der Waals surface area (Å²) in [5.74, 6) is -1.32. The largest absolute Gasteiger partial charge is 0.489 e. The van der Waals surface area contributed by atoms with Crippen molar-refractivity contribution in [3.63, 3.8) is 0 Å². The summed E-state index contributed by atoms with van der Waals surface area (Å²) in [5, 5.41) is 9.91. The number of carboxylic acids is 1. The van der Waals surface area contributed by atoms with Crippen LogP contribution in [-0.4, -0.2) is 33.2 Å². The average Bonchev–Trinajstić information content (AvgIpc) is 3.25. The molecule has 0 aliphatic carbocycles. The van der Waals surface area contributed by atoms with Crippen LogP contribution in [0.2, 0.25) is 0 Å². The summed E-state index contributed by atoms with van der Waals surface area (Å²) in [4.78, 5) is 41.5. The van der Waals surface area contributed by atoms with Crippen LogP contribution in [0.1, 0.15) is 62.3 Å². The third kappa shape index (κ3) is 4.06. The van der Waals surface area contributed by atoms with Crippen LogP contribution in [0.3, 0.4) is 0 Å². The molecule has 5 rings (SSSR count). The fourth-order valence-electron chi connectivity index (χ4n) is 4.89. The maximum Gasteiger partial charge on any atom is 0.334 e. The fraction of sp³-hybridized carbons (Fsp3) is 0.357. The van der Waals surface area contributed by atoms with E-state index < -0.39 is 11.9 Å². The molecular weight excluding hydrogens is 460 g/mol. The van der Waals surface area contributed by atoms with E-state index in [1.807, 2.05) is 45.9 Å². The van der Waals surface area contributed by atoms with Crippen molar-refractivity contribution in [2.24, 2.45) is 0 Å². The minimum atomic E-state index is -1.10. The first-order valence-corrected chi connectivity index (χ1v) is 12.3.